The minimum absolute atomic E-state index is 0.0651. The van der Waals surface area contributed by atoms with Crippen LogP contribution in [0.4, 0.5) is 0 Å². The molecular formula is C24H19BrN2O5S. The zero-order valence-electron chi connectivity index (χ0n) is 17.3. The Balaban J connectivity index is 1.41. The molecule has 2 aromatic heterocycles. The van der Waals surface area contributed by atoms with E-state index >= 15 is 0 Å². The minimum atomic E-state index is -0.982. The third-order valence-corrected chi connectivity index (χ3v) is 6.46. The quantitative estimate of drug-likeness (QED) is 0.297. The van der Waals surface area contributed by atoms with E-state index in [1.165, 1.54) is 23.5 Å². The lowest BCUT2D eigenvalue weighted by molar-refractivity contribution is 0.0696. The number of ether oxygens (including phenoxy) is 1. The first-order chi connectivity index (χ1) is 15.9. The normalized spacial score (nSPS) is 11.1. The van der Waals surface area contributed by atoms with E-state index in [-0.39, 0.29) is 42.4 Å². The lowest BCUT2D eigenvalue weighted by atomic mass is 10.1. The minimum Gasteiger partial charge on any atom is -0.478 e. The number of Topliss-reactive ketones (excluding diaryl/α,β-unsaturated/α-hetero) is 1. The number of H-pyrrole nitrogens is 1. The molecule has 0 saturated heterocycles. The molecule has 0 amide bonds. The van der Waals surface area contributed by atoms with Gasteiger partial charge in [-0.05, 0) is 47.2 Å². The number of hydrogen-bond donors (Lipinski definition) is 2. The molecule has 7 nitrogen and oxygen atoms in total. The van der Waals surface area contributed by atoms with Crippen molar-refractivity contribution in [2.45, 2.75) is 26.1 Å². The van der Waals surface area contributed by atoms with Gasteiger partial charge in [-0.25, -0.2) is 9.78 Å². The fourth-order valence-electron chi connectivity index (χ4n) is 3.34. The topological polar surface area (TPSA) is 109 Å². The Morgan fingerprint density at radius 2 is 1.88 bits per heavy atom. The van der Waals surface area contributed by atoms with Crippen LogP contribution in [0.1, 0.15) is 44.1 Å². The summed E-state index contributed by atoms with van der Waals surface area (Å²) in [5, 5.41) is 11.2. The van der Waals surface area contributed by atoms with Gasteiger partial charge in [0.1, 0.15) is 4.83 Å². The number of nitrogens with zero attached hydrogens (tertiary/aromatic N) is 1. The molecule has 0 aliphatic heterocycles. The van der Waals surface area contributed by atoms with E-state index < -0.39 is 5.97 Å². The Labute approximate surface area is 201 Å². The van der Waals surface area contributed by atoms with Gasteiger partial charge in [0.05, 0.1) is 24.2 Å². The van der Waals surface area contributed by atoms with E-state index in [4.69, 9.17) is 9.84 Å². The van der Waals surface area contributed by atoms with Crippen LogP contribution >= 0.6 is 27.3 Å². The first-order valence-corrected chi connectivity index (χ1v) is 11.8. The van der Waals surface area contributed by atoms with Crippen molar-refractivity contribution in [3.63, 3.8) is 0 Å². The standard InChI is InChI=1S/C24H19BrN2O5S/c25-18-3-1-2-14(10-18)6-9-19(28)21-26-22(29)20-17(13-33-23(20)27-21)12-32-11-15-4-7-16(8-5-15)24(30)31/h1-5,7-8,10,13H,6,9,11-12H2,(H,30,31)(H,26,27,29). The van der Waals surface area contributed by atoms with Crippen molar-refractivity contribution in [3.05, 3.63) is 96.8 Å². The number of carboxylic acid groups (broad SMARTS) is 1. The molecule has 9 heteroatoms. The van der Waals surface area contributed by atoms with Gasteiger partial charge in [0.25, 0.3) is 5.56 Å². The largest absolute Gasteiger partial charge is 0.478 e. The van der Waals surface area contributed by atoms with Crippen LogP contribution in [-0.4, -0.2) is 26.8 Å². The predicted octanol–water partition coefficient (Wildman–Crippen LogP) is 4.98. The molecular weight excluding hydrogens is 508 g/mol. The molecule has 0 atom stereocenters. The predicted molar refractivity (Wildman–Crippen MR) is 129 cm³/mol. The van der Waals surface area contributed by atoms with Crippen molar-refractivity contribution >= 4 is 49.2 Å². The van der Waals surface area contributed by atoms with Gasteiger partial charge in [0.15, 0.2) is 11.6 Å². The molecule has 4 aromatic rings. The number of carboxylic acids is 1. The van der Waals surface area contributed by atoms with Gasteiger partial charge < -0.3 is 14.8 Å². The summed E-state index contributed by atoms with van der Waals surface area (Å²) in [7, 11) is 0. The zero-order valence-corrected chi connectivity index (χ0v) is 19.7. The molecule has 33 heavy (non-hydrogen) atoms. The first-order valence-electron chi connectivity index (χ1n) is 10.1. The molecule has 0 spiro atoms. The van der Waals surface area contributed by atoms with Crippen LogP contribution in [0.15, 0.2) is 63.2 Å². The molecule has 0 bridgehead atoms. The third kappa shape index (κ3) is 5.62. The molecule has 2 N–H and O–H groups in total. The highest BCUT2D eigenvalue weighted by molar-refractivity contribution is 9.10. The molecule has 4 rings (SSSR count). The monoisotopic (exact) mass is 526 g/mol. The summed E-state index contributed by atoms with van der Waals surface area (Å²) >= 11 is 4.71. The SMILES string of the molecule is O=C(O)c1ccc(COCc2csc3nc(C(=O)CCc4cccc(Br)c4)[nH]c(=O)c23)cc1. The Kier molecular flexibility index (Phi) is 7.12. The molecule has 0 unspecified atom stereocenters. The number of aromatic carboxylic acids is 1. The number of ketones is 1. The second-order valence-corrected chi connectivity index (χ2v) is 9.18. The van der Waals surface area contributed by atoms with E-state index in [0.717, 1.165) is 15.6 Å². The Bertz CT molecular complexity index is 1380. The molecule has 2 aromatic carbocycles. The van der Waals surface area contributed by atoms with Gasteiger partial charge in [-0.15, -0.1) is 11.3 Å². The number of aryl methyl sites for hydroxylation is 1. The number of carbonyl (C=O) groups excluding carboxylic acids is 1. The van der Waals surface area contributed by atoms with Crippen molar-refractivity contribution in [1.29, 1.82) is 0 Å². The summed E-state index contributed by atoms with van der Waals surface area (Å²) in [6.07, 6.45) is 0.796. The number of nitrogens with one attached hydrogen (secondary N) is 1. The van der Waals surface area contributed by atoms with Crippen LogP contribution in [0.5, 0.6) is 0 Å². The number of rotatable bonds is 9. The van der Waals surface area contributed by atoms with Crippen molar-refractivity contribution in [2.75, 3.05) is 0 Å². The van der Waals surface area contributed by atoms with Gasteiger partial charge in [0.2, 0.25) is 0 Å². The van der Waals surface area contributed by atoms with Crippen LogP contribution in [0.3, 0.4) is 0 Å². The van der Waals surface area contributed by atoms with Crippen molar-refractivity contribution < 1.29 is 19.4 Å². The molecule has 168 valence electrons. The van der Waals surface area contributed by atoms with Crippen LogP contribution in [0.2, 0.25) is 0 Å². The zero-order chi connectivity index (χ0) is 23.4. The summed E-state index contributed by atoms with van der Waals surface area (Å²) in [5.41, 5.74) is 2.39. The van der Waals surface area contributed by atoms with Crippen LogP contribution in [0.25, 0.3) is 10.2 Å². The molecule has 0 fully saturated rings. The summed E-state index contributed by atoms with van der Waals surface area (Å²) in [4.78, 5) is 43.7. The highest BCUT2D eigenvalue weighted by atomic mass is 79.9. The highest BCUT2D eigenvalue weighted by Crippen LogP contribution is 2.23. The van der Waals surface area contributed by atoms with Crippen LogP contribution in [-0.2, 0) is 24.4 Å². The number of aromatic nitrogens is 2. The molecule has 0 radical (unpaired) electrons. The number of carbonyl (C=O) groups is 2. The van der Waals surface area contributed by atoms with Crippen molar-refractivity contribution in [2.24, 2.45) is 0 Å². The maximum atomic E-state index is 12.7. The summed E-state index contributed by atoms with van der Waals surface area (Å²) in [6, 6.07) is 14.2. The van der Waals surface area contributed by atoms with E-state index in [2.05, 4.69) is 25.9 Å². The van der Waals surface area contributed by atoms with Gasteiger partial charge >= 0.3 is 5.97 Å². The smallest absolute Gasteiger partial charge is 0.335 e. The number of halogens is 1. The molecule has 0 saturated carbocycles. The number of benzene rings is 2. The number of fused-ring (bicyclic) bond motifs is 1. The maximum absolute atomic E-state index is 12.7. The van der Waals surface area contributed by atoms with Crippen molar-refractivity contribution in [1.82, 2.24) is 9.97 Å². The number of thiophene rings is 1. The highest BCUT2D eigenvalue weighted by Gasteiger charge is 2.16. The van der Waals surface area contributed by atoms with E-state index in [1.54, 1.807) is 17.5 Å². The number of hydrogen-bond acceptors (Lipinski definition) is 6. The summed E-state index contributed by atoms with van der Waals surface area (Å²) in [6.45, 7) is 0.469. The molecule has 0 aliphatic rings. The van der Waals surface area contributed by atoms with Crippen LogP contribution in [0, 0.1) is 0 Å². The van der Waals surface area contributed by atoms with E-state index in [1.807, 2.05) is 24.3 Å². The Morgan fingerprint density at radius 1 is 1.09 bits per heavy atom. The Hall–Kier alpha value is -3.14. The van der Waals surface area contributed by atoms with E-state index in [9.17, 15) is 14.4 Å². The average Bonchev–Trinajstić information content (AvgIpc) is 3.21. The molecule has 0 aliphatic carbocycles. The second kappa shape index (κ2) is 10.2. The average molecular weight is 527 g/mol. The lowest BCUT2D eigenvalue weighted by Gasteiger charge is -2.05. The van der Waals surface area contributed by atoms with Crippen LogP contribution < -0.4 is 5.56 Å². The van der Waals surface area contributed by atoms with E-state index in [0.29, 0.717) is 22.2 Å². The second-order valence-electron chi connectivity index (χ2n) is 7.40. The van der Waals surface area contributed by atoms with Gasteiger partial charge in [-0.2, -0.15) is 0 Å². The lowest BCUT2D eigenvalue weighted by Crippen LogP contribution is -2.16. The van der Waals surface area contributed by atoms with Gasteiger partial charge in [0, 0.05) is 16.5 Å². The van der Waals surface area contributed by atoms with Gasteiger partial charge in [-0.1, -0.05) is 40.2 Å². The fourth-order valence-corrected chi connectivity index (χ4v) is 4.71. The Morgan fingerprint density at radius 3 is 2.61 bits per heavy atom. The third-order valence-electron chi connectivity index (χ3n) is 5.04. The fraction of sp³-hybridized carbons (Fsp3) is 0.167. The number of aromatic amines is 1. The summed E-state index contributed by atoms with van der Waals surface area (Å²) < 4.78 is 6.66. The maximum Gasteiger partial charge on any atom is 0.335 e. The first kappa shape index (κ1) is 23.0. The summed E-state index contributed by atoms with van der Waals surface area (Å²) in [5.74, 6) is -1.13. The van der Waals surface area contributed by atoms with Crippen molar-refractivity contribution in [3.8, 4) is 0 Å². The van der Waals surface area contributed by atoms with Gasteiger partial charge in [-0.3, -0.25) is 9.59 Å². The molecule has 2 heterocycles.